The lowest BCUT2D eigenvalue weighted by molar-refractivity contribution is -0.121. The van der Waals surface area contributed by atoms with E-state index in [4.69, 9.17) is 5.73 Å². The summed E-state index contributed by atoms with van der Waals surface area (Å²) in [6.07, 6.45) is 3.90. The fraction of sp³-hybridized carbons (Fsp3) is 0.474. The fourth-order valence-corrected chi connectivity index (χ4v) is 3.58. The Morgan fingerprint density at radius 2 is 1.76 bits per heavy atom. The summed E-state index contributed by atoms with van der Waals surface area (Å²) in [4.78, 5) is 24.2. The smallest absolute Gasteiger partial charge is 0.268 e. The van der Waals surface area contributed by atoms with E-state index in [1.807, 2.05) is 41.9 Å². The number of aromatic nitrogens is 1. The standard InChI is InChI=1S/C19H26N4O2/c1-23-16-5-3-2-4-13(16)12-17(23)19(25)22-15-8-6-14(7-9-15)21-18(24)10-11-20/h2-5,12,14-15H,6-11,20H2,1H3,(H,21,24)(H,22,25). The molecule has 0 spiro atoms. The summed E-state index contributed by atoms with van der Waals surface area (Å²) in [6, 6.07) is 10.3. The van der Waals surface area contributed by atoms with Crippen LogP contribution in [0.4, 0.5) is 0 Å². The highest BCUT2D eigenvalue weighted by molar-refractivity contribution is 5.98. The number of nitrogens with one attached hydrogen (secondary N) is 2. The zero-order valence-corrected chi connectivity index (χ0v) is 14.6. The number of carbonyl (C=O) groups is 2. The van der Waals surface area contributed by atoms with Crippen LogP contribution in [-0.2, 0) is 11.8 Å². The highest BCUT2D eigenvalue weighted by Crippen LogP contribution is 2.21. The van der Waals surface area contributed by atoms with Crippen LogP contribution in [0.25, 0.3) is 10.9 Å². The number of amides is 2. The van der Waals surface area contributed by atoms with Gasteiger partial charge in [-0.1, -0.05) is 18.2 Å². The first-order chi connectivity index (χ1) is 12.1. The molecule has 0 bridgehead atoms. The molecule has 0 aliphatic heterocycles. The van der Waals surface area contributed by atoms with Crippen molar-refractivity contribution in [1.82, 2.24) is 15.2 Å². The Hall–Kier alpha value is -2.34. The van der Waals surface area contributed by atoms with Gasteiger partial charge in [0.15, 0.2) is 0 Å². The van der Waals surface area contributed by atoms with E-state index in [0.717, 1.165) is 36.6 Å². The molecule has 1 aliphatic carbocycles. The molecule has 0 saturated heterocycles. The quantitative estimate of drug-likeness (QED) is 0.772. The first kappa shape index (κ1) is 17.5. The van der Waals surface area contributed by atoms with Crippen LogP contribution in [0.5, 0.6) is 0 Å². The number of para-hydroxylation sites is 1. The molecule has 2 amide bonds. The predicted octanol–water partition coefficient (Wildman–Crippen LogP) is 1.68. The molecule has 2 aromatic rings. The second-order valence-corrected chi connectivity index (χ2v) is 6.78. The normalized spacial score (nSPS) is 20.4. The summed E-state index contributed by atoms with van der Waals surface area (Å²) < 4.78 is 1.93. The molecule has 1 heterocycles. The van der Waals surface area contributed by atoms with Crippen LogP contribution in [0.1, 0.15) is 42.6 Å². The summed E-state index contributed by atoms with van der Waals surface area (Å²) in [5.41, 5.74) is 7.13. The summed E-state index contributed by atoms with van der Waals surface area (Å²) in [7, 11) is 1.92. The Morgan fingerprint density at radius 3 is 2.40 bits per heavy atom. The van der Waals surface area contributed by atoms with Crippen molar-refractivity contribution in [2.24, 2.45) is 12.8 Å². The van der Waals surface area contributed by atoms with Crippen molar-refractivity contribution in [2.75, 3.05) is 6.54 Å². The molecule has 1 aliphatic rings. The molecule has 134 valence electrons. The third kappa shape index (κ3) is 4.02. The maximum Gasteiger partial charge on any atom is 0.268 e. The van der Waals surface area contributed by atoms with Crippen LogP contribution in [0.2, 0.25) is 0 Å². The van der Waals surface area contributed by atoms with Crippen LogP contribution in [0, 0.1) is 0 Å². The zero-order chi connectivity index (χ0) is 17.8. The van der Waals surface area contributed by atoms with Crippen LogP contribution in [-0.4, -0.2) is 35.0 Å². The van der Waals surface area contributed by atoms with Crippen LogP contribution in [0.15, 0.2) is 30.3 Å². The van der Waals surface area contributed by atoms with E-state index < -0.39 is 0 Å². The Morgan fingerprint density at radius 1 is 1.12 bits per heavy atom. The van der Waals surface area contributed by atoms with Crippen molar-refractivity contribution in [3.05, 3.63) is 36.0 Å². The highest BCUT2D eigenvalue weighted by atomic mass is 16.2. The summed E-state index contributed by atoms with van der Waals surface area (Å²) >= 11 is 0. The zero-order valence-electron chi connectivity index (χ0n) is 14.6. The lowest BCUT2D eigenvalue weighted by Crippen LogP contribution is -2.44. The topological polar surface area (TPSA) is 89.2 Å². The average molecular weight is 342 g/mol. The third-order valence-corrected chi connectivity index (χ3v) is 4.98. The number of rotatable bonds is 5. The van der Waals surface area contributed by atoms with Gasteiger partial charge >= 0.3 is 0 Å². The van der Waals surface area contributed by atoms with Crippen molar-refractivity contribution in [3.8, 4) is 0 Å². The molecule has 0 unspecified atom stereocenters. The summed E-state index contributed by atoms with van der Waals surface area (Å²) in [5, 5.41) is 7.23. The molecule has 1 saturated carbocycles. The van der Waals surface area contributed by atoms with Crippen LogP contribution >= 0.6 is 0 Å². The minimum absolute atomic E-state index is 0.0190. The lowest BCUT2D eigenvalue weighted by Gasteiger charge is -2.29. The fourth-order valence-electron chi connectivity index (χ4n) is 3.58. The van der Waals surface area contributed by atoms with Crippen LogP contribution in [0.3, 0.4) is 0 Å². The van der Waals surface area contributed by atoms with Gasteiger partial charge in [0.1, 0.15) is 5.69 Å². The molecule has 0 atom stereocenters. The predicted molar refractivity (Wildman–Crippen MR) is 98.2 cm³/mol. The molecule has 6 heteroatoms. The highest BCUT2D eigenvalue weighted by Gasteiger charge is 2.24. The van der Waals surface area contributed by atoms with Gasteiger partial charge in [-0.2, -0.15) is 0 Å². The van der Waals surface area contributed by atoms with E-state index in [-0.39, 0.29) is 23.9 Å². The molecule has 3 rings (SSSR count). The van der Waals surface area contributed by atoms with Gasteiger partial charge < -0.3 is 20.9 Å². The Labute approximate surface area is 147 Å². The number of hydrogen-bond acceptors (Lipinski definition) is 3. The van der Waals surface area contributed by atoms with Crippen molar-refractivity contribution >= 4 is 22.7 Å². The van der Waals surface area contributed by atoms with Crippen molar-refractivity contribution < 1.29 is 9.59 Å². The van der Waals surface area contributed by atoms with E-state index in [1.54, 1.807) is 0 Å². The number of benzene rings is 1. The lowest BCUT2D eigenvalue weighted by atomic mass is 9.91. The van der Waals surface area contributed by atoms with Gasteiger partial charge in [-0.15, -0.1) is 0 Å². The number of fused-ring (bicyclic) bond motifs is 1. The molecular weight excluding hydrogens is 316 g/mol. The maximum atomic E-state index is 12.6. The molecular formula is C19H26N4O2. The summed E-state index contributed by atoms with van der Waals surface area (Å²) in [5.74, 6) is -0.0141. The van der Waals surface area contributed by atoms with Gasteiger partial charge in [0.05, 0.1) is 0 Å². The first-order valence-corrected chi connectivity index (χ1v) is 8.93. The number of hydrogen-bond donors (Lipinski definition) is 3. The minimum atomic E-state index is -0.0330. The molecule has 1 aromatic heterocycles. The van der Waals surface area contributed by atoms with Crippen molar-refractivity contribution in [3.63, 3.8) is 0 Å². The number of nitrogens with zero attached hydrogens (tertiary/aromatic N) is 1. The average Bonchev–Trinajstić information content (AvgIpc) is 2.94. The third-order valence-electron chi connectivity index (χ3n) is 4.98. The van der Waals surface area contributed by atoms with E-state index >= 15 is 0 Å². The Bertz CT molecular complexity index is 760. The summed E-state index contributed by atoms with van der Waals surface area (Å²) in [6.45, 7) is 0.377. The second-order valence-electron chi connectivity index (χ2n) is 6.78. The van der Waals surface area contributed by atoms with Gasteiger partial charge in [0, 0.05) is 43.0 Å². The Balaban J connectivity index is 1.55. The second kappa shape index (κ2) is 7.70. The maximum absolute atomic E-state index is 12.6. The van der Waals surface area contributed by atoms with E-state index in [0.29, 0.717) is 18.7 Å². The molecule has 4 N–H and O–H groups in total. The molecule has 25 heavy (non-hydrogen) atoms. The van der Waals surface area contributed by atoms with Gasteiger partial charge in [0.2, 0.25) is 5.91 Å². The SMILES string of the molecule is Cn1c(C(=O)NC2CCC(NC(=O)CCN)CC2)cc2ccccc21. The number of aryl methyl sites for hydroxylation is 1. The molecule has 0 radical (unpaired) electrons. The van der Waals surface area contributed by atoms with E-state index in [2.05, 4.69) is 10.6 Å². The van der Waals surface area contributed by atoms with Gasteiger partial charge in [-0.3, -0.25) is 9.59 Å². The molecule has 1 fully saturated rings. The van der Waals surface area contributed by atoms with E-state index in [1.165, 1.54) is 0 Å². The number of nitrogens with two attached hydrogens (primary N) is 1. The van der Waals surface area contributed by atoms with Crippen molar-refractivity contribution in [2.45, 2.75) is 44.2 Å². The minimum Gasteiger partial charge on any atom is -0.353 e. The van der Waals surface area contributed by atoms with Gasteiger partial charge in [-0.25, -0.2) is 0 Å². The largest absolute Gasteiger partial charge is 0.353 e. The monoisotopic (exact) mass is 342 g/mol. The Kier molecular flexibility index (Phi) is 5.38. The molecule has 1 aromatic carbocycles. The van der Waals surface area contributed by atoms with Crippen molar-refractivity contribution in [1.29, 1.82) is 0 Å². The van der Waals surface area contributed by atoms with Gasteiger partial charge in [-0.05, 0) is 37.8 Å². The van der Waals surface area contributed by atoms with E-state index in [9.17, 15) is 9.59 Å². The first-order valence-electron chi connectivity index (χ1n) is 8.93. The van der Waals surface area contributed by atoms with Gasteiger partial charge in [0.25, 0.3) is 5.91 Å². The van der Waals surface area contributed by atoms with Crippen LogP contribution < -0.4 is 16.4 Å². The number of carbonyl (C=O) groups excluding carboxylic acids is 2. The molecule has 6 nitrogen and oxygen atoms in total.